The first-order valence-corrected chi connectivity index (χ1v) is 5.44. The Kier molecular flexibility index (Phi) is 3.11. The molecule has 0 radical (unpaired) electrons. The highest BCUT2D eigenvalue weighted by Crippen LogP contribution is 2.22. The third-order valence-electron chi connectivity index (χ3n) is 2.77. The highest BCUT2D eigenvalue weighted by atomic mass is 16.3. The smallest absolute Gasteiger partial charge is 0.106 e. The molecule has 1 N–H and O–H groups in total. The Balaban J connectivity index is 2.20. The highest BCUT2D eigenvalue weighted by molar-refractivity contribution is 5.32. The summed E-state index contributed by atoms with van der Waals surface area (Å²) in [6, 6.07) is 9.84. The van der Waals surface area contributed by atoms with E-state index in [4.69, 9.17) is 4.42 Å². The molecule has 0 amide bonds. The van der Waals surface area contributed by atoms with Crippen molar-refractivity contribution in [3.63, 3.8) is 0 Å². The number of aryl methyl sites for hydroxylation is 2. The lowest BCUT2D eigenvalue weighted by Gasteiger charge is -2.13. The number of rotatable bonds is 3. The fourth-order valence-electron chi connectivity index (χ4n) is 1.85. The second-order valence-electron chi connectivity index (χ2n) is 4.16. The minimum Gasteiger partial charge on any atom is -0.469 e. The SMILES string of the molecule is Cc1ccc(C)c(C(O)Cc2ccco2)c1. The van der Waals surface area contributed by atoms with Gasteiger partial charge in [0.15, 0.2) is 0 Å². The van der Waals surface area contributed by atoms with Gasteiger partial charge in [0.05, 0.1) is 12.4 Å². The molecular formula is C14H16O2. The summed E-state index contributed by atoms with van der Waals surface area (Å²) in [5.74, 6) is 0.813. The van der Waals surface area contributed by atoms with Crippen molar-refractivity contribution in [3.05, 3.63) is 59.0 Å². The zero-order valence-corrected chi connectivity index (χ0v) is 9.60. The van der Waals surface area contributed by atoms with Gasteiger partial charge in [0.2, 0.25) is 0 Å². The molecule has 84 valence electrons. The lowest BCUT2D eigenvalue weighted by atomic mass is 9.98. The third kappa shape index (κ3) is 2.34. The molecule has 0 aliphatic rings. The van der Waals surface area contributed by atoms with Crippen molar-refractivity contribution < 1.29 is 9.52 Å². The van der Waals surface area contributed by atoms with E-state index in [9.17, 15) is 5.11 Å². The second-order valence-corrected chi connectivity index (χ2v) is 4.16. The van der Waals surface area contributed by atoms with Gasteiger partial charge in [0.25, 0.3) is 0 Å². The molecule has 1 unspecified atom stereocenters. The molecule has 1 atom stereocenters. The van der Waals surface area contributed by atoms with E-state index in [1.807, 2.05) is 38.1 Å². The summed E-state index contributed by atoms with van der Waals surface area (Å²) >= 11 is 0. The summed E-state index contributed by atoms with van der Waals surface area (Å²) in [6.07, 6.45) is 1.66. The van der Waals surface area contributed by atoms with Crippen LogP contribution in [0.2, 0.25) is 0 Å². The number of aliphatic hydroxyl groups excluding tert-OH is 1. The van der Waals surface area contributed by atoms with E-state index in [0.717, 1.165) is 16.9 Å². The number of aliphatic hydroxyl groups is 1. The van der Waals surface area contributed by atoms with Gasteiger partial charge in [0, 0.05) is 6.42 Å². The second kappa shape index (κ2) is 4.54. The first-order chi connectivity index (χ1) is 7.66. The molecule has 1 aromatic heterocycles. The molecule has 0 saturated heterocycles. The molecule has 0 saturated carbocycles. The van der Waals surface area contributed by atoms with Crippen LogP contribution >= 0.6 is 0 Å². The molecule has 0 spiro atoms. The lowest BCUT2D eigenvalue weighted by molar-refractivity contribution is 0.170. The van der Waals surface area contributed by atoms with Crippen molar-refractivity contribution in [1.82, 2.24) is 0 Å². The van der Waals surface area contributed by atoms with Crippen LogP contribution in [0.4, 0.5) is 0 Å². The minimum atomic E-state index is -0.494. The molecule has 2 heteroatoms. The quantitative estimate of drug-likeness (QED) is 0.854. The Hall–Kier alpha value is -1.54. The summed E-state index contributed by atoms with van der Waals surface area (Å²) < 4.78 is 5.24. The van der Waals surface area contributed by atoms with Crippen molar-refractivity contribution in [2.24, 2.45) is 0 Å². The molecule has 1 heterocycles. The van der Waals surface area contributed by atoms with Crippen LogP contribution < -0.4 is 0 Å². The van der Waals surface area contributed by atoms with E-state index >= 15 is 0 Å². The Morgan fingerprint density at radius 3 is 2.75 bits per heavy atom. The molecule has 2 rings (SSSR count). The molecule has 16 heavy (non-hydrogen) atoms. The molecule has 0 aliphatic heterocycles. The van der Waals surface area contributed by atoms with Gasteiger partial charge in [-0.3, -0.25) is 0 Å². The maximum Gasteiger partial charge on any atom is 0.106 e. The molecule has 2 aromatic rings. The molecule has 0 fully saturated rings. The summed E-state index contributed by atoms with van der Waals surface area (Å²) in [5.41, 5.74) is 3.26. The van der Waals surface area contributed by atoms with Crippen molar-refractivity contribution in [2.75, 3.05) is 0 Å². The summed E-state index contributed by atoms with van der Waals surface area (Å²) in [5, 5.41) is 10.1. The van der Waals surface area contributed by atoms with Gasteiger partial charge in [-0.1, -0.05) is 23.8 Å². The average Bonchev–Trinajstić information content (AvgIpc) is 2.74. The van der Waals surface area contributed by atoms with E-state index in [1.54, 1.807) is 6.26 Å². The standard InChI is InChI=1S/C14H16O2/c1-10-5-6-11(2)13(8-10)14(15)9-12-4-3-7-16-12/h3-8,14-15H,9H2,1-2H3. The zero-order chi connectivity index (χ0) is 11.5. The predicted molar refractivity (Wildman–Crippen MR) is 63.3 cm³/mol. The third-order valence-corrected chi connectivity index (χ3v) is 2.77. The van der Waals surface area contributed by atoms with Crippen LogP contribution in [-0.4, -0.2) is 5.11 Å². The average molecular weight is 216 g/mol. The van der Waals surface area contributed by atoms with Crippen LogP contribution in [-0.2, 0) is 6.42 Å². The normalized spacial score (nSPS) is 12.7. The molecule has 0 bridgehead atoms. The molecule has 1 aromatic carbocycles. The van der Waals surface area contributed by atoms with Gasteiger partial charge in [0.1, 0.15) is 5.76 Å². The van der Waals surface area contributed by atoms with E-state index in [1.165, 1.54) is 5.56 Å². The van der Waals surface area contributed by atoms with E-state index in [0.29, 0.717) is 6.42 Å². The first kappa shape index (κ1) is 11.0. The van der Waals surface area contributed by atoms with Crippen LogP contribution in [0.25, 0.3) is 0 Å². The monoisotopic (exact) mass is 216 g/mol. The lowest BCUT2D eigenvalue weighted by Crippen LogP contribution is -2.03. The van der Waals surface area contributed by atoms with Crippen LogP contribution in [0.1, 0.15) is 28.6 Å². The fraction of sp³-hybridized carbons (Fsp3) is 0.286. The number of furan rings is 1. The minimum absolute atomic E-state index is 0.494. The van der Waals surface area contributed by atoms with Gasteiger partial charge in [-0.25, -0.2) is 0 Å². The molecular weight excluding hydrogens is 200 g/mol. The number of benzene rings is 1. The summed E-state index contributed by atoms with van der Waals surface area (Å²) in [7, 11) is 0. The Bertz CT molecular complexity index is 458. The zero-order valence-electron chi connectivity index (χ0n) is 9.60. The van der Waals surface area contributed by atoms with Gasteiger partial charge in [-0.15, -0.1) is 0 Å². The number of hydrogen-bond donors (Lipinski definition) is 1. The van der Waals surface area contributed by atoms with Gasteiger partial charge < -0.3 is 9.52 Å². The van der Waals surface area contributed by atoms with E-state index in [-0.39, 0.29) is 0 Å². The number of hydrogen-bond acceptors (Lipinski definition) is 2. The maximum atomic E-state index is 10.1. The fourth-order valence-corrected chi connectivity index (χ4v) is 1.85. The van der Waals surface area contributed by atoms with Gasteiger partial charge >= 0.3 is 0 Å². The molecule has 0 aliphatic carbocycles. The predicted octanol–water partition coefficient (Wildman–Crippen LogP) is 3.17. The van der Waals surface area contributed by atoms with Gasteiger partial charge in [-0.2, -0.15) is 0 Å². The van der Waals surface area contributed by atoms with Crippen molar-refractivity contribution in [1.29, 1.82) is 0 Å². The largest absolute Gasteiger partial charge is 0.469 e. The van der Waals surface area contributed by atoms with E-state index in [2.05, 4.69) is 6.07 Å². The van der Waals surface area contributed by atoms with Crippen molar-refractivity contribution in [2.45, 2.75) is 26.4 Å². The van der Waals surface area contributed by atoms with E-state index < -0.39 is 6.10 Å². The van der Waals surface area contributed by atoms with Crippen molar-refractivity contribution in [3.8, 4) is 0 Å². The summed E-state index contributed by atoms with van der Waals surface area (Å²) in [4.78, 5) is 0. The first-order valence-electron chi connectivity index (χ1n) is 5.44. The van der Waals surface area contributed by atoms with Gasteiger partial charge in [-0.05, 0) is 37.1 Å². The van der Waals surface area contributed by atoms with Crippen molar-refractivity contribution >= 4 is 0 Å². The molecule has 2 nitrogen and oxygen atoms in total. The Morgan fingerprint density at radius 2 is 2.06 bits per heavy atom. The van der Waals surface area contributed by atoms with Crippen LogP contribution in [0, 0.1) is 13.8 Å². The van der Waals surface area contributed by atoms with Crippen LogP contribution in [0.3, 0.4) is 0 Å². The van der Waals surface area contributed by atoms with Crippen LogP contribution in [0.15, 0.2) is 41.0 Å². The Morgan fingerprint density at radius 1 is 1.25 bits per heavy atom. The highest BCUT2D eigenvalue weighted by Gasteiger charge is 2.12. The Labute approximate surface area is 95.5 Å². The summed E-state index contributed by atoms with van der Waals surface area (Å²) in [6.45, 7) is 4.04. The topological polar surface area (TPSA) is 33.4 Å². The maximum absolute atomic E-state index is 10.1. The van der Waals surface area contributed by atoms with Crippen LogP contribution in [0.5, 0.6) is 0 Å².